The summed E-state index contributed by atoms with van der Waals surface area (Å²) in [5, 5.41) is 0. The molecule has 3 aromatic carbocycles. The van der Waals surface area contributed by atoms with Crippen molar-refractivity contribution in [2.24, 2.45) is 4.99 Å². The van der Waals surface area contributed by atoms with Crippen molar-refractivity contribution >= 4 is 40.5 Å². The molecule has 0 N–H and O–H groups in total. The maximum atomic E-state index is 12.2. The first-order valence-corrected chi connectivity index (χ1v) is 9.81. The van der Waals surface area contributed by atoms with Gasteiger partial charge in [0.2, 0.25) is 5.90 Å². The number of hydrogen-bond acceptors (Lipinski definition) is 4. The van der Waals surface area contributed by atoms with Crippen molar-refractivity contribution in [1.82, 2.24) is 0 Å². The first-order chi connectivity index (χ1) is 13.7. The topological polar surface area (TPSA) is 47.9 Å². The molecule has 4 rings (SSSR count). The van der Waals surface area contributed by atoms with Crippen LogP contribution in [0.25, 0.3) is 6.08 Å². The molecule has 0 fully saturated rings. The van der Waals surface area contributed by atoms with E-state index in [0.717, 1.165) is 16.7 Å². The van der Waals surface area contributed by atoms with Crippen LogP contribution in [0.4, 0.5) is 0 Å². The van der Waals surface area contributed by atoms with Gasteiger partial charge in [0, 0.05) is 14.7 Å². The first kappa shape index (κ1) is 18.4. The van der Waals surface area contributed by atoms with Crippen molar-refractivity contribution in [3.63, 3.8) is 0 Å². The number of hydrogen-bond donors (Lipinski definition) is 0. The predicted octanol–water partition coefficient (Wildman–Crippen LogP) is 5.21. The lowest BCUT2D eigenvalue weighted by Crippen LogP contribution is -2.05. The molecule has 0 atom stereocenters. The number of esters is 1. The van der Waals surface area contributed by atoms with E-state index in [1.807, 2.05) is 78.9 Å². The fourth-order valence-electron chi connectivity index (χ4n) is 2.73. The largest absolute Gasteiger partial charge is 0.488 e. The number of carbonyl (C=O) groups is 1. The second-order valence-electron chi connectivity index (χ2n) is 6.16. The zero-order chi connectivity index (χ0) is 19.3. The van der Waals surface area contributed by atoms with Gasteiger partial charge in [-0.1, -0.05) is 48.5 Å². The summed E-state index contributed by atoms with van der Waals surface area (Å²) in [5.41, 5.74) is 2.87. The minimum absolute atomic E-state index is 0.254. The summed E-state index contributed by atoms with van der Waals surface area (Å²) in [6.07, 6.45) is 1.70. The van der Waals surface area contributed by atoms with Crippen molar-refractivity contribution < 1.29 is 14.3 Å². The number of para-hydroxylation sites is 1. The number of benzene rings is 3. The molecule has 1 aliphatic rings. The second kappa shape index (κ2) is 8.39. The van der Waals surface area contributed by atoms with E-state index in [4.69, 9.17) is 9.47 Å². The molecule has 0 spiro atoms. The quantitative estimate of drug-likeness (QED) is 0.286. The first-order valence-electron chi connectivity index (χ1n) is 8.73. The highest BCUT2D eigenvalue weighted by atomic mass is 127. The van der Waals surface area contributed by atoms with Crippen molar-refractivity contribution in [1.29, 1.82) is 0 Å². The van der Waals surface area contributed by atoms with E-state index in [2.05, 4.69) is 27.6 Å². The molecule has 138 valence electrons. The van der Waals surface area contributed by atoms with Crippen LogP contribution in [-0.2, 0) is 16.1 Å². The molecule has 0 saturated carbocycles. The second-order valence-corrected chi connectivity index (χ2v) is 7.40. The number of halogens is 1. The van der Waals surface area contributed by atoms with Gasteiger partial charge in [-0.3, -0.25) is 0 Å². The van der Waals surface area contributed by atoms with E-state index in [0.29, 0.717) is 18.3 Å². The van der Waals surface area contributed by atoms with Gasteiger partial charge in [-0.15, -0.1) is 0 Å². The summed E-state index contributed by atoms with van der Waals surface area (Å²) in [6.45, 7) is 0.445. The Bertz CT molecular complexity index is 1060. The Balaban J connectivity index is 1.57. The number of nitrogens with zero attached hydrogens (tertiary/aromatic N) is 1. The van der Waals surface area contributed by atoms with Gasteiger partial charge < -0.3 is 9.47 Å². The Labute approximate surface area is 176 Å². The summed E-state index contributed by atoms with van der Waals surface area (Å²) in [7, 11) is 0. The highest BCUT2D eigenvalue weighted by Crippen LogP contribution is 2.25. The van der Waals surface area contributed by atoms with Crippen LogP contribution in [0.5, 0.6) is 5.75 Å². The van der Waals surface area contributed by atoms with Crippen LogP contribution in [0.15, 0.2) is 89.6 Å². The zero-order valence-electron chi connectivity index (χ0n) is 14.8. The Hall–Kier alpha value is -2.93. The lowest BCUT2D eigenvalue weighted by Gasteiger charge is -2.09. The number of ether oxygens (including phenoxy) is 2. The summed E-state index contributed by atoms with van der Waals surface area (Å²) < 4.78 is 12.5. The van der Waals surface area contributed by atoms with E-state index in [9.17, 15) is 4.79 Å². The van der Waals surface area contributed by atoms with Gasteiger partial charge in [-0.2, -0.15) is 0 Å². The van der Waals surface area contributed by atoms with Crippen molar-refractivity contribution in [3.05, 3.63) is 105 Å². The molecule has 0 aliphatic carbocycles. The molecule has 4 nitrogen and oxygen atoms in total. The average molecular weight is 481 g/mol. The van der Waals surface area contributed by atoms with E-state index in [1.54, 1.807) is 6.08 Å². The van der Waals surface area contributed by atoms with Gasteiger partial charge >= 0.3 is 5.97 Å². The summed E-state index contributed by atoms with van der Waals surface area (Å²) >= 11 is 2.27. The third-order valence-electron chi connectivity index (χ3n) is 4.16. The Morgan fingerprint density at radius 3 is 2.43 bits per heavy atom. The highest BCUT2D eigenvalue weighted by Gasteiger charge is 2.24. The van der Waals surface area contributed by atoms with Crippen LogP contribution < -0.4 is 4.74 Å². The number of aliphatic imine (C=N–C) groups is 1. The number of carbonyl (C=O) groups excluding carboxylic acids is 1. The van der Waals surface area contributed by atoms with Gasteiger partial charge in [0.25, 0.3) is 0 Å². The maximum absolute atomic E-state index is 12.2. The summed E-state index contributed by atoms with van der Waals surface area (Å²) in [5.74, 6) is 0.533. The third-order valence-corrected chi connectivity index (χ3v) is 4.88. The van der Waals surface area contributed by atoms with Crippen molar-refractivity contribution in [3.8, 4) is 5.75 Å². The van der Waals surface area contributed by atoms with Crippen LogP contribution in [0, 0.1) is 3.57 Å². The molecule has 0 aromatic heterocycles. The van der Waals surface area contributed by atoms with Gasteiger partial charge in [0.15, 0.2) is 5.70 Å². The van der Waals surface area contributed by atoms with Crippen molar-refractivity contribution in [2.45, 2.75) is 6.61 Å². The van der Waals surface area contributed by atoms with Crippen LogP contribution in [-0.4, -0.2) is 11.9 Å². The fourth-order valence-corrected chi connectivity index (χ4v) is 3.09. The molecule has 0 radical (unpaired) electrons. The molecular formula is C23H16INO3. The molecule has 0 bridgehead atoms. The molecule has 1 aliphatic heterocycles. The van der Waals surface area contributed by atoms with E-state index in [1.165, 1.54) is 3.57 Å². The van der Waals surface area contributed by atoms with Crippen LogP contribution in [0.2, 0.25) is 0 Å². The van der Waals surface area contributed by atoms with E-state index in [-0.39, 0.29) is 5.70 Å². The molecule has 1 heterocycles. The van der Waals surface area contributed by atoms with Crippen molar-refractivity contribution in [2.75, 3.05) is 0 Å². The minimum atomic E-state index is -0.466. The maximum Gasteiger partial charge on any atom is 0.363 e. The van der Waals surface area contributed by atoms with Crippen LogP contribution in [0.1, 0.15) is 16.7 Å². The lowest BCUT2D eigenvalue weighted by molar-refractivity contribution is -0.129. The standard InChI is InChI=1S/C23H16INO3/c24-19-12-10-16(11-13-19)15-27-21-9-5-4-8-18(21)14-20-23(26)28-22(25-20)17-6-2-1-3-7-17/h1-14H,15H2. The Kier molecular flexibility index (Phi) is 5.53. The van der Waals surface area contributed by atoms with Crippen LogP contribution >= 0.6 is 22.6 Å². The number of rotatable bonds is 5. The highest BCUT2D eigenvalue weighted by molar-refractivity contribution is 14.1. The molecule has 0 saturated heterocycles. The van der Waals surface area contributed by atoms with E-state index >= 15 is 0 Å². The molecular weight excluding hydrogens is 465 g/mol. The SMILES string of the molecule is O=C1OC(c2ccccc2)=NC1=Cc1ccccc1OCc1ccc(I)cc1. The molecule has 0 unspecified atom stereocenters. The van der Waals surface area contributed by atoms with E-state index < -0.39 is 5.97 Å². The third kappa shape index (κ3) is 4.31. The zero-order valence-corrected chi connectivity index (χ0v) is 17.0. The smallest absolute Gasteiger partial charge is 0.363 e. The van der Waals surface area contributed by atoms with Gasteiger partial charge in [-0.05, 0) is 64.6 Å². The molecule has 0 amide bonds. The summed E-state index contributed by atoms with van der Waals surface area (Å²) in [4.78, 5) is 16.6. The van der Waals surface area contributed by atoms with Gasteiger partial charge in [-0.25, -0.2) is 9.79 Å². The monoisotopic (exact) mass is 481 g/mol. The molecule has 5 heteroatoms. The predicted molar refractivity (Wildman–Crippen MR) is 117 cm³/mol. The Morgan fingerprint density at radius 1 is 0.929 bits per heavy atom. The van der Waals surface area contributed by atoms with Crippen LogP contribution in [0.3, 0.4) is 0 Å². The Morgan fingerprint density at radius 2 is 1.64 bits per heavy atom. The van der Waals surface area contributed by atoms with Gasteiger partial charge in [0.05, 0.1) is 0 Å². The fraction of sp³-hybridized carbons (Fsp3) is 0.0435. The normalized spacial score (nSPS) is 14.7. The molecule has 3 aromatic rings. The molecule has 28 heavy (non-hydrogen) atoms. The minimum Gasteiger partial charge on any atom is -0.488 e. The van der Waals surface area contributed by atoms with Gasteiger partial charge in [0.1, 0.15) is 12.4 Å². The average Bonchev–Trinajstić information content (AvgIpc) is 3.10. The lowest BCUT2D eigenvalue weighted by atomic mass is 10.1. The number of cyclic esters (lactones) is 1. The summed E-state index contributed by atoms with van der Waals surface area (Å²) in [6, 6.07) is 25.1.